The van der Waals surface area contributed by atoms with Gasteiger partial charge < -0.3 is 19.4 Å². The molecule has 1 unspecified atom stereocenters. The average Bonchev–Trinajstić information content (AvgIpc) is 2.93. The first-order valence-electron chi connectivity index (χ1n) is 12.7. The van der Waals surface area contributed by atoms with Crippen LogP contribution in [0.1, 0.15) is 37.8 Å². The van der Waals surface area contributed by atoms with E-state index in [0.717, 1.165) is 61.6 Å². The summed E-state index contributed by atoms with van der Waals surface area (Å²) < 4.78 is 5.57. The van der Waals surface area contributed by atoms with Gasteiger partial charge in [0.1, 0.15) is 17.7 Å². The number of piperazine rings is 1. The SMILES string of the molecule is CC(C)c1ccc(-c2cc(N3CCN(c4ncccc4C#N)CC3C)nc(N3CCOCC3)n2)cc1. The Hall–Kier alpha value is -3.70. The maximum Gasteiger partial charge on any atom is 0.228 e. The molecule has 8 nitrogen and oxygen atoms in total. The molecule has 2 fully saturated rings. The molecule has 0 amide bonds. The third-order valence-electron chi connectivity index (χ3n) is 7.00. The molecule has 2 saturated heterocycles. The first kappa shape index (κ1) is 24.0. The van der Waals surface area contributed by atoms with Crippen molar-refractivity contribution in [1.29, 1.82) is 5.26 Å². The monoisotopic (exact) mass is 483 g/mol. The van der Waals surface area contributed by atoms with Crippen LogP contribution >= 0.6 is 0 Å². The minimum absolute atomic E-state index is 0.191. The summed E-state index contributed by atoms with van der Waals surface area (Å²) in [7, 11) is 0. The summed E-state index contributed by atoms with van der Waals surface area (Å²) in [6.45, 7) is 11.9. The van der Waals surface area contributed by atoms with Gasteiger partial charge >= 0.3 is 0 Å². The number of morpholine rings is 1. The molecule has 4 heterocycles. The number of hydrogen-bond acceptors (Lipinski definition) is 8. The average molecular weight is 484 g/mol. The summed E-state index contributed by atoms with van der Waals surface area (Å²) in [4.78, 5) is 21.3. The van der Waals surface area contributed by atoms with E-state index < -0.39 is 0 Å². The van der Waals surface area contributed by atoms with Crippen LogP contribution in [0, 0.1) is 11.3 Å². The van der Waals surface area contributed by atoms with E-state index in [-0.39, 0.29) is 6.04 Å². The van der Waals surface area contributed by atoms with Crippen LogP contribution < -0.4 is 14.7 Å². The molecular formula is C28H33N7O. The van der Waals surface area contributed by atoms with Gasteiger partial charge in [0.15, 0.2) is 0 Å². The van der Waals surface area contributed by atoms with Crippen LogP contribution in [-0.4, -0.2) is 66.9 Å². The molecule has 1 aromatic carbocycles. The van der Waals surface area contributed by atoms with Crippen LogP contribution in [0.15, 0.2) is 48.7 Å². The van der Waals surface area contributed by atoms with Crippen LogP contribution in [0.2, 0.25) is 0 Å². The van der Waals surface area contributed by atoms with E-state index in [1.54, 1.807) is 6.20 Å². The van der Waals surface area contributed by atoms with Gasteiger partial charge in [-0.15, -0.1) is 0 Å². The smallest absolute Gasteiger partial charge is 0.228 e. The summed E-state index contributed by atoms with van der Waals surface area (Å²) in [5.74, 6) is 2.93. The lowest BCUT2D eigenvalue weighted by Gasteiger charge is -2.41. The molecule has 36 heavy (non-hydrogen) atoms. The lowest BCUT2D eigenvalue weighted by atomic mass is 10.0. The van der Waals surface area contributed by atoms with E-state index in [1.165, 1.54) is 5.56 Å². The van der Waals surface area contributed by atoms with Crippen molar-refractivity contribution >= 4 is 17.6 Å². The maximum atomic E-state index is 9.53. The Morgan fingerprint density at radius 3 is 2.47 bits per heavy atom. The number of ether oxygens (including phenoxy) is 1. The third-order valence-corrected chi connectivity index (χ3v) is 7.00. The number of hydrogen-bond donors (Lipinski definition) is 0. The fourth-order valence-electron chi connectivity index (χ4n) is 4.89. The molecule has 0 saturated carbocycles. The summed E-state index contributed by atoms with van der Waals surface area (Å²) >= 11 is 0. The fraction of sp³-hybridized carbons (Fsp3) is 0.429. The highest BCUT2D eigenvalue weighted by Gasteiger charge is 2.28. The van der Waals surface area contributed by atoms with E-state index in [0.29, 0.717) is 24.7 Å². The van der Waals surface area contributed by atoms with Crippen molar-refractivity contribution in [3.8, 4) is 17.3 Å². The van der Waals surface area contributed by atoms with Crippen molar-refractivity contribution in [3.63, 3.8) is 0 Å². The molecular weight excluding hydrogens is 450 g/mol. The van der Waals surface area contributed by atoms with Gasteiger partial charge in [0.05, 0.1) is 24.5 Å². The van der Waals surface area contributed by atoms with Gasteiger partial charge in [-0.05, 0) is 30.5 Å². The van der Waals surface area contributed by atoms with Crippen molar-refractivity contribution in [2.45, 2.75) is 32.7 Å². The molecule has 0 radical (unpaired) electrons. The lowest BCUT2D eigenvalue weighted by Crippen LogP contribution is -2.53. The number of pyridine rings is 1. The Morgan fingerprint density at radius 2 is 1.78 bits per heavy atom. The van der Waals surface area contributed by atoms with Gasteiger partial charge in [0.2, 0.25) is 5.95 Å². The summed E-state index contributed by atoms with van der Waals surface area (Å²) in [6.07, 6.45) is 1.75. The molecule has 1 atom stereocenters. The first-order chi connectivity index (χ1) is 17.5. The van der Waals surface area contributed by atoms with E-state index in [1.807, 2.05) is 12.1 Å². The molecule has 0 bridgehead atoms. The number of nitrogens with zero attached hydrogens (tertiary/aromatic N) is 7. The second-order valence-electron chi connectivity index (χ2n) is 9.76. The second-order valence-corrected chi connectivity index (χ2v) is 9.76. The van der Waals surface area contributed by atoms with E-state index in [2.05, 4.69) is 76.9 Å². The van der Waals surface area contributed by atoms with E-state index in [4.69, 9.17) is 14.7 Å². The minimum Gasteiger partial charge on any atom is -0.378 e. The van der Waals surface area contributed by atoms with Gasteiger partial charge in [-0.25, -0.2) is 9.97 Å². The summed E-state index contributed by atoms with van der Waals surface area (Å²) in [5, 5.41) is 9.53. The Labute approximate surface area is 213 Å². The van der Waals surface area contributed by atoms with Gasteiger partial charge in [-0.1, -0.05) is 38.1 Å². The highest BCUT2D eigenvalue weighted by Crippen LogP contribution is 2.30. The van der Waals surface area contributed by atoms with Crippen LogP contribution in [0.25, 0.3) is 11.3 Å². The molecule has 3 aromatic rings. The molecule has 5 rings (SSSR count). The molecule has 2 aliphatic rings. The standard InChI is InChI=1S/C28H33N7O/c1-20(2)22-6-8-23(9-7-22)25-17-26(32-28(31-25)33-13-15-36-16-14-33)35-12-11-34(19-21(35)3)27-24(18-29)5-4-10-30-27/h4-10,17,20-21H,11-16,19H2,1-3H3. The highest BCUT2D eigenvalue weighted by atomic mass is 16.5. The highest BCUT2D eigenvalue weighted by molar-refractivity contribution is 5.66. The molecule has 8 heteroatoms. The largest absolute Gasteiger partial charge is 0.378 e. The van der Waals surface area contributed by atoms with Crippen LogP contribution in [0.4, 0.5) is 17.6 Å². The first-order valence-corrected chi connectivity index (χ1v) is 12.7. The number of benzene rings is 1. The van der Waals surface area contributed by atoms with Crippen molar-refractivity contribution < 1.29 is 4.74 Å². The van der Waals surface area contributed by atoms with Gasteiger partial charge in [-0.2, -0.15) is 10.2 Å². The van der Waals surface area contributed by atoms with E-state index >= 15 is 0 Å². The topological polar surface area (TPSA) is 81.4 Å². The van der Waals surface area contributed by atoms with Crippen LogP contribution in [0.3, 0.4) is 0 Å². The maximum absolute atomic E-state index is 9.53. The normalized spacial score (nSPS) is 18.4. The second kappa shape index (κ2) is 10.5. The molecule has 2 aromatic heterocycles. The van der Waals surface area contributed by atoms with Crippen molar-refractivity contribution in [3.05, 3.63) is 59.8 Å². The molecule has 0 N–H and O–H groups in total. The number of rotatable bonds is 5. The van der Waals surface area contributed by atoms with Crippen molar-refractivity contribution in [2.24, 2.45) is 0 Å². The fourth-order valence-corrected chi connectivity index (χ4v) is 4.89. The Balaban J connectivity index is 1.45. The Kier molecular flexibility index (Phi) is 7.01. The minimum atomic E-state index is 0.191. The summed E-state index contributed by atoms with van der Waals surface area (Å²) in [6, 6.07) is 16.9. The lowest BCUT2D eigenvalue weighted by molar-refractivity contribution is 0.122. The Morgan fingerprint density at radius 1 is 1.00 bits per heavy atom. The molecule has 2 aliphatic heterocycles. The third kappa shape index (κ3) is 4.98. The molecule has 0 aliphatic carbocycles. The zero-order valence-electron chi connectivity index (χ0n) is 21.3. The van der Waals surface area contributed by atoms with Gasteiger partial charge in [0, 0.05) is 56.6 Å². The van der Waals surface area contributed by atoms with Gasteiger partial charge in [0.25, 0.3) is 0 Å². The van der Waals surface area contributed by atoms with Gasteiger partial charge in [-0.3, -0.25) is 0 Å². The number of anilines is 3. The number of nitriles is 1. The van der Waals surface area contributed by atoms with Crippen LogP contribution in [-0.2, 0) is 4.74 Å². The predicted molar refractivity (Wildman–Crippen MR) is 143 cm³/mol. The zero-order valence-corrected chi connectivity index (χ0v) is 21.3. The quantitative estimate of drug-likeness (QED) is 0.537. The predicted octanol–water partition coefficient (Wildman–Crippen LogP) is 4.09. The summed E-state index contributed by atoms with van der Waals surface area (Å²) in [5.41, 5.74) is 3.96. The molecule has 0 spiro atoms. The van der Waals surface area contributed by atoms with Crippen molar-refractivity contribution in [1.82, 2.24) is 15.0 Å². The van der Waals surface area contributed by atoms with Crippen LogP contribution in [0.5, 0.6) is 0 Å². The zero-order chi connectivity index (χ0) is 25.1. The molecule has 186 valence electrons. The Bertz CT molecular complexity index is 1230. The van der Waals surface area contributed by atoms with Crippen molar-refractivity contribution in [2.75, 3.05) is 60.6 Å². The van der Waals surface area contributed by atoms with E-state index in [9.17, 15) is 5.26 Å². The number of aromatic nitrogens is 3.